The zero-order chi connectivity index (χ0) is 28.3. The number of nitro groups is 1. The first-order chi connectivity index (χ1) is 19.2. The first-order valence-electron chi connectivity index (χ1n) is 12.0. The van der Waals surface area contributed by atoms with E-state index in [9.17, 15) is 19.7 Å². The molecule has 0 aliphatic carbocycles. The van der Waals surface area contributed by atoms with Crippen molar-refractivity contribution in [2.45, 2.75) is 36.3 Å². The Morgan fingerprint density at radius 3 is 2.27 bits per heavy atom. The van der Waals surface area contributed by atoms with E-state index in [-0.39, 0.29) is 28.3 Å². The molecule has 202 valence electrons. The predicted octanol–water partition coefficient (Wildman–Crippen LogP) is 5.13. The number of aromatic nitrogens is 3. The Bertz CT molecular complexity index is 1600. The highest BCUT2D eigenvalue weighted by Crippen LogP contribution is 2.37. The largest absolute Gasteiger partial charge is 0.486 e. The van der Waals surface area contributed by atoms with Crippen molar-refractivity contribution in [3.8, 4) is 11.4 Å². The number of carbonyl (C=O) groups is 2. The van der Waals surface area contributed by atoms with Gasteiger partial charge < -0.3 is 14.2 Å². The Labute approximate surface area is 232 Å². The molecule has 0 saturated carbocycles. The van der Waals surface area contributed by atoms with Crippen LogP contribution in [0.25, 0.3) is 11.8 Å². The number of nitro benzene ring substituents is 1. The van der Waals surface area contributed by atoms with Crippen LogP contribution in [0, 0.1) is 10.1 Å². The molecular weight excluding hydrogens is 536 g/mol. The average Bonchev–Trinajstić information content (AvgIpc) is 3.33. The predicted molar refractivity (Wildman–Crippen MR) is 144 cm³/mol. The van der Waals surface area contributed by atoms with Crippen molar-refractivity contribution in [2.75, 3.05) is 0 Å². The minimum Gasteiger partial charge on any atom is -0.486 e. The SMILES string of the molecule is CC1(C)OC(=O)C(=Cc2ccc(Sc3nnc(COc4ccccc4)n3-c3ccccc3)c([N+](=O)[O-])c2)C(=O)O1. The third-order valence-corrected chi connectivity index (χ3v) is 6.65. The second-order valence-electron chi connectivity index (χ2n) is 8.99. The number of ether oxygens (including phenoxy) is 3. The fourth-order valence-electron chi connectivity index (χ4n) is 3.86. The Kier molecular flexibility index (Phi) is 7.34. The van der Waals surface area contributed by atoms with Gasteiger partial charge in [0.1, 0.15) is 17.9 Å². The molecule has 0 N–H and O–H groups in total. The molecule has 0 radical (unpaired) electrons. The van der Waals surface area contributed by atoms with Gasteiger partial charge in [-0.15, -0.1) is 10.2 Å². The first kappa shape index (κ1) is 26.6. The molecule has 0 unspecified atom stereocenters. The number of hydrogen-bond acceptors (Lipinski definition) is 10. The van der Waals surface area contributed by atoms with E-state index in [1.165, 1.54) is 32.1 Å². The minimum atomic E-state index is -1.39. The molecule has 3 aromatic carbocycles. The zero-order valence-corrected chi connectivity index (χ0v) is 22.2. The Balaban J connectivity index is 1.47. The number of para-hydroxylation sites is 2. The van der Waals surface area contributed by atoms with Crippen molar-refractivity contribution in [2.24, 2.45) is 0 Å². The summed E-state index contributed by atoms with van der Waals surface area (Å²) in [5, 5.41) is 21.0. The van der Waals surface area contributed by atoms with Gasteiger partial charge in [-0.1, -0.05) is 42.5 Å². The van der Waals surface area contributed by atoms with E-state index in [4.69, 9.17) is 14.2 Å². The summed E-state index contributed by atoms with van der Waals surface area (Å²) in [6.45, 7) is 2.98. The Morgan fingerprint density at radius 1 is 0.975 bits per heavy atom. The summed E-state index contributed by atoms with van der Waals surface area (Å²) >= 11 is 1.05. The van der Waals surface area contributed by atoms with Crippen LogP contribution in [0.4, 0.5) is 5.69 Å². The van der Waals surface area contributed by atoms with E-state index in [0.29, 0.717) is 16.7 Å². The van der Waals surface area contributed by atoms with E-state index in [1.54, 1.807) is 10.6 Å². The van der Waals surface area contributed by atoms with E-state index in [0.717, 1.165) is 17.4 Å². The molecule has 11 nitrogen and oxygen atoms in total. The van der Waals surface area contributed by atoms with Crippen LogP contribution in [-0.2, 0) is 25.7 Å². The summed E-state index contributed by atoms with van der Waals surface area (Å²) in [7, 11) is 0. The molecular formula is C28H22N4O7S. The topological polar surface area (TPSA) is 136 Å². The van der Waals surface area contributed by atoms with Gasteiger partial charge in [-0.05, 0) is 53.7 Å². The molecule has 0 amide bonds. The van der Waals surface area contributed by atoms with Crippen molar-refractivity contribution >= 4 is 35.5 Å². The van der Waals surface area contributed by atoms with Crippen molar-refractivity contribution in [1.82, 2.24) is 14.8 Å². The number of nitrogens with zero attached hydrogens (tertiary/aromatic N) is 4. The molecule has 0 spiro atoms. The van der Waals surface area contributed by atoms with Gasteiger partial charge in [0.25, 0.3) is 11.5 Å². The summed E-state index contributed by atoms with van der Waals surface area (Å²) in [6, 6.07) is 22.9. The number of rotatable bonds is 8. The molecule has 1 aromatic heterocycles. The van der Waals surface area contributed by atoms with Gasteiger partial charge in [-0.3, -0.25) is 14.7 Å². The van der Waals surface area contributed by atoms with E-state index < -0.39 is 22.6 Å². The maximum Gasteiger partial charge on any atom is 0.348 e. The monoisotopic (exact) mass is 558 g/mol. The summed E-state index contributed by atoms with van der Waals surface area (Å²) in [5.74, 6) is -1.97. The summed E-state index contributed by atoms with van der Waals surface area (Å²) in [6.07, 6.45) is 1.20. The molecule has 0 bridgehead atoms. The normalized spacial score (nSPS) is 14.3. The molecule has 1 aliphatic heterocycles. The van der Waals surface area contributed by atoms with Crippen molar-refractivity contribution in [1.29, 1.82) is 0 Å². The number of hydrogen-bond donors (Lipinski definition) is 0. The van der Waals surface area contributed by atoms with Crippen molar-refractivity contribution < 1.29 is 28.7 Å². The molecule has 40 heavy (non-hydrogen) atoms. The smallest absolute Gasteiger partial charge is 0.348 e. The molecule has 0 atom stereocenters. The van der Waals surface area contributed by atoms with Gasteiger partial charge in [-0.25, -0.2) is 9.59 Å². The van der Waals surface area contributed by atoms with Gasteiger partial charge in [-0.2, -0.15) is 0 Å². The highest BCUT2D eigenvalue weighted by molar-refractivity contribution is 7.99. The lowest BCUT2D eigenvalue weighted by Crippen LogP contribution is -2.41. The maximum absolute atomic E-state index is 12.3. The van der Waals surface area contributed by atoms with Gasteiger partial charge in [0.2, 0.25) is 5.16 Å². The van der Waals surface area contributed by atoms with E-state index in [2.05, 4.69) is 10.2 Å². The highest BCUT2D eigenvalue weighted by atomic mass is 32.2. The van der Waals surface area contributed by atoms with Crippen LogP contribution in [0.3, 0.4) is 0 Å². The second kappa shape index (κ2) is 11.0. The molecule has 2 heterocycles. The van der Waals surface area contributed by atoms with Crippen molar-refractivity contribution in [3.05, 3.63) is 106 Å². The highest BCUT2D eigenvalue weighted by Gasteiger charge is 2.39. The molecule has 5 rings (SSSR count). The molecule has 12 heteroatoms. The number of esters is 2. The van der Waals surface area contributed by atoms with Crippen LogP contribution in [0.1, 0.15) is 25.2 Å². The van der Waals surface area contributed by atoms with Crippen LogP contribution in [0.2, 0.25) is 0 Å². The van der Waals surface area contributed by atoms with E-state index in [1.807, 2.05) is 60.7 Å². The summed E-state index contributed by atoms with van der Waals surface area (Å²) in [5.41, 5.74) is 0.395. The fourth-order valence-corrected chi connectivity index (χ4v) is 4.81. The van der Waals surface area contributed by atoms with Crippen LogP contribution in [0.15, 0.2) is 94.5 Å². The Morgan fingerprint density at radius 2 is 1.62 bits per heavy atom. The molecule has 1 fully saturated rings. The van der Waals surface area contributed by atoms with Crippen LogP contribution >= 0.6 is 11.8 Å². The maximum atomic E-state index is 12.3. The van der Waals surface area contributed by atoms with Gasteiger partial charge in [0, 0.05) is 25.6 Å². The standard InChI is InChI=1S/C28H22N4O7S/c1-28(2)38-25(33)21(26(34)39-28)15-18-13-14-23(22(16-18)32(35)36)40-27-30-29-24(17-37-20-11-7-4-8-12-20)31(27)19-9-5-3-6-10-19/h3-16H,17H2,1-2H3. The average molecular weight is 559 g/mol. The third kappa shape index (κ3) is 5.86. The third-order valence-electron chi connectivity index (χ3n) is 5.63. The van der Waals surface area contributed by atoms with Crippen LogP contribution < -0.4 is 4.74 Å². The van der Waals surface area contributed by atoms with Crippen LogP contribution in [-0.4, -0.2) is 37.4 Å². The van der Waals surface area contributed by atoms with Gasteiger partial charge in [0.05, 0.1) is 9.82 Å². The quantitative estimate of drug-likeness (QED) is 0.0942. The lowest BCUT2D eigenvalue weighted by atomic mass is 10.1. The lowest BCUT2D eigenvalue weighted by Gasteiger charge is -2.29. The molecule has 4 aromatic rings. The fraction of sp³-hybridized carbons (Fsp3) is 0.143. The van der Waals surface area contributed by atoms with E-state index >= 15 is 0 Å². The lowest BCUT2D eigenvalue weighted by molar-refractivity contribution is -0.387. The summed E-state index contributed by atoms with van der Waals surface area (Å²) < 4.78 is 17.8. The van der Waals surface area contributed by atoms with Gasteiger partial charge in [0.15, 0.2) is 5.82 Å². The van der Waals surface area contributed by atoms with Crippen LogP contribution in [0.5, 0.6) is 5.75 Å². The number of benzene rings is 3. The Hall–Kier alpha value is -4.97. The van der Waals surface area contributed by atoms with Crippen molar-refractivity contribution in [3.63, 3.8) is 0 Å². The molecule has 1 aliphatic rings. The van der Waals surface area contributed by atoms with Gasteiger partial charge >= 0.3 is 11.9 Å². The summed E-state index contributed by atoms with van der Waals surface area (Å²) in [4.78, 5) is 36.4. The number of carbonyl (C=O) groups excluding carboxylic acids is 2. The first-order valence-corrected chi connectivity index (χ1v) is 12.8. The zero-order valence-electron chi connectivity index (χ0n) is 21.3. The second-order valence-corrected chi connectivity index (χ2v) is 10.0. The molecule has 1 saturated heterocycles. The minimum absolute atomic E-state index is 0.115. The number of cyclic esters (lactones) is 2.